The zero-order chi connectivity index (χ0) is 13.6. The van der Waals surface area contributed by atoms with Crippen LogP contribution in [0, 0.1) is 0 Å². The summed E-state index contributed by atoms with van der Waals surface area (Å²) in [5.41, 5.74) is 6.11. The van der Waals surface area contributed by atoms with Crippen molar-refractivity contribution in [3.63, 3.8) is 0 Å². The Morgan fingerprint density at radius 3 is 2.42 bits per heavy atom. The van der Waals surface area contributed by atoms with E-state index in [2.05, 4.69) is 10.1 Å². The van der Waals surface area contributed by atoms with Gasteiger partial charge >= 0.3 is 18.0 Å². The normalized spacial score (nSPS) is 13.3. The molecule has 0 unspecified atom stereocenters. The van der Waals surface area contributed by atoms with Crippen LogP contribution in [-0.4, -0.2) is 18.0 Å². The molecule has 94 valence electrons. The highest BCUT2D eigenvalue weighted by Crippen LogP contribution is 2.33. The molecule has 0 bridgehead atoms. The number of carbonyl (C=O) groups is 3. The number of primary amides is 1. The van der Waals surface area contributed by atoms with E-state index in [1.54, 1.807) is 24.3 Å². The van der Waals surface area contributed by atoms with E-state index >= 15 is 0 Å². The first-order valence-electron chi connectivity index (χ1n) is 5.46. The number of nitrogens with two attached hydrogens (primary N) is 1. The second kappa shape index (κ2) is 3.81. The third-order valence-corrected chi connectivity index (χ3v) is 2.92. The molecule has 6 heteroatoms. The number of cyclic esters (lactones) is 2. The van der Waals surface area contributed by atoms with Crippen molar-refractivity contribution in [2.75, 3.05) is 5.32 Å². The first-order chi connectivity index (χ1) is 9.08. The van der Waals surface area contributed by atoms with Gasteiger partial charge < -0.3 is 15.8 Å². The Hall–Kier alpha value is -2.89. The van der Waals surface area contributed by atoms with Crippen molar-refractivity contribution in [2.24, 2.45) is 5.73 Å². The van der Waals surface area contributed by atoms with Gasteiger partial charge in [-0.1, -0.05) is 12.1 Å². The Morgan fingerprint density at radius 1 is 1.05 bits per heavy atom. The van der Waals surface area contributed by atoms with Gasteiger partial charge in [-0.2, -0.15) is 0 Å². The summed E-state index contributed by atoms with van der Waals surface area (Å²) in [5.74, 6) is -1.39. The predicted octanol–water partition coefficient (Wildman–Crippen LogP) is 1.64. The lowest BCUT2D eigenvalue weighted by Gasteiger charge is -2.17. The fourth-order valence-corrected chi connectivity index (χ4v) is 2.18. The monoisotopic (exact) mass is 256 g/mol. The number of amides is 2. The van der Waals surface area contributed by atoms with Crippen LogP contribution < -0.4 is 11.1 Å². The molecule has 0 aliphatic carbocycles. The second-order valence-corrected chi connectivity index (χ2v) is 4.06. The van der Waals surface area contributed by atoms with E-state index in [9.17, 15) is 14.4 Å². The highest BCUT2D eigenvalue weighted by molar-refractivity contribution is 6.23. The minimum atomic E-state index is -0.717. The van der Waals surface area contributed by atoms with Crippen LogP contribution in [0.25, 0.3) is 10.8 Å². The van der Waals surface area contributed by atoms with Crippen LogP contribution in [0.5, 0.6) is 0 Å². The minimum absolute atomic E-state index is 0.292. The van der Waals surface area contributed by atoms with Crippen LogP contribution in [0.15, 0.2) is 30.3 Å². The molecule has 2 aromatic carbocycles. The zero-order valence-corrected chi connectivity index (χ0v) is 9.60. The van der Waals surface area contributed by atoms with Gasteiger partial charge in [0.25, 0.3) is 0 Å². The lowest BCUT2D eigenvalue weighted by Crippen LogP contribution is -2.22. The SMILES string of the molecule is NC(=O)Nc1ccc2c3c(cccc13)C(=O)OC2=O. The van der Waals surface area contributed by atoms with Crippen molar-refractivity contribution in [2.45, 2.75) is 0 Å². The summed E-state index contributed by atoms with van der Waals surface area (Å²) in [4.78, 5) is 34.3. The molecule has 0 saturated carbocycles. The largest absolute Gasteiger partial charge is 0.386 e. The number of esters is 2. The van der Waals surface area contributed by atoms with E-state index in [0.717, 1.165) is 0 Å². The molecular weight excluding hydrogens is 248 g/mol. The lowest BCUT2D eigenvalue weighted by molar-refractivity contribution is 0.0391. The van der Waals surface area contributed by atoms with Gasteiger partial charge in [-0.3, -0.25) is 0 Å². The smallest absolute Gasteiger partial charge is 0.346 e. The summed E-state index contributed by atoms with van der Waals surface area (Å²) in [6, 6.07) is 7.22. The summed E-state index contributed by atoms with van der Waals surface area (Å²) >= 11 is 0. The molecule has 0 atom stereocenters. The molecule has 6 nitrogen and oxygen atoms in total. The first-order valence-corrected chi connectivity index (χ1v) is 5.46. The Balaban J connectivity index is 2.38. The van der Waals surface area contributed by atoms with Gasteiger partial charge in [0, 0.05) is 10.8 Å². The average molecular weight is 256 g/mol. The molecule has 0 radical (unpaired) electrons. The quantitative estimate of drug-likeness (QED) is 0.598. The molecule has 19 heavy (non-hydrogen) atoms. The van der Waals surface area contributed by atoms with E-state index in [4.69, 9.17) is 5.73 Å². The Labute approximate surface area is 107 Å². The summed E-state index contributed by atoms with van der Waals surface area (Å²) in [6.45, 7) is 0. The van der Waals surface area contributed by atoms with Crippen molar-refractivity contribution in [3.05, 3.63) is 41.5 Å². The van der Waals surface area contributed by atoms with Crippen molar-refractivity contribution in [3.8, 4) is 0 Å². The van der Waals surface area contributed by atoms with Gasteiger partial charge in [0.15, 0.2) is 0 Å². The van der Waals surface area contributed by atoms with Crippen molar-refractivity contribution in [1.29, 1.82) is 0 Å². The van der Waals surface area contributed by atoms with Gasteiger partial charge in [-0.25, -0.2) is 14.4 Å². The number of rotatable bonds is 1. The standard InChI is InChI=1S/C13H8N2O4/c14-13(18)15-9-5-4-8-10-6(9)2-1-3-7(10)11(16)19-12(8)17/h1-5H,(H3,14,15,18). The summed E-state index contributed by atoms with van der Waals surface area (Å²) in [5, 5.41) is 3.49. The summed E-state index contributed by atoms with van der Waals surface area (Å²) < 4.78 is 4.63. The predicted molar refractivity (Wildman–Crippen MR) is 66.9 cm³/mol. The van der Waals surface area contributed by atoms with Crippen LogP contribution in [0.3, 0.4) is 0 Å². The molecule has 0 spiro atoms. The topological polar surface area (TPSA) is 98.5 Å². The second-order valence-electron chi connectivity index (χ2n) is 4.06. The molecule has 2 amide bonds. The maximum atomic E-state index is 11.7. The Morgan fingerprint density at radius 2 is 1.74 bits per heavy atom. The van der Waals surface area contributed by atoms with Gasteiger partial charge in [-0.15, -0.1) is 0 Å². The van der Waals surface area contributed by atoms with Gasteiger partial charge in [-0.05, 0) is 18.2 Å². The van der Waals surface area contributed by atoms with E-state index in [-0.39, 0.29) is 0 Å². The highest BCUT2D eigenvalue weighted by atomic mass is 16.6. The summed E-state index contributed by atoms with van der Waals surface area (Å²) in [6.07, 6.45) is 0. The van der Waals surface area contributed by atoms with Gasteiger partial charge in [0.1, 0.15) is 0 Å². The third-order valence-electron chi connectivity index (χ3n) is 2.92. The fourth-order valence-electron chi connectivity index (χ4n) is 2.18. The van der Waals surface area contributed by atoms with Crippen molar-refractivity contribution >= 4 is 34.4 Å². The Bertz CT molecular complexity index is 731. The van der Waals surface area contributed by atoms with E-state index in [1.807, 2.05) is 0 Å². The van der Waals surface area contributed by atoms with Crippen LogP contribution in [0.4, 0.5) is 10.5 Å². The van der Waals surface area contributed by atoms with E-state index in [1.165, 1.54) is 6.07 Å². The third kappa shape index (κ3) is 1.61. The maximum Gasteiger partial charge on any atom is 0.346 e. The molecule has 0 saturated heterocycles. The van der Waals surface area contributed by atoms with Gasteiger partial charge in [0.2, 0.25) is 0 Å². The first kappa shape index (κ1) is 11.2. The molecule has 3 N–H and O–H groups in total. The number of hydrogen-bond acceptors (Lipinski definition) is 4. The number of benzene rings is 2. The minimum Gasteiger partial charge on any atom is -0.386 e. The fraction of sp³-hybridized carbons (Fsp3) is 0. The molecule has 1 heterocycles. The molecule has 0 aromatic heterocycles. The summed E-state index contributed by atoms with van der Waals surface area (Å²) in [7, 11) is 0. The Kier molecular flexibility index (Phi) is 2.25. The van der Waals surface area contributed by atoms with E-state index < -0.39 is 18.0 Å². The molecule has 1 aliphatic heterocycles. The van der Waals surface area contributed by atoms with Crippen LogP contribution >= 0.6 is 0 Å². The molecule has 1 aliphatic rings. The van der Waals surface area contributed by atoms with Gasteiger partial charge in [0.05, 0.1) is 16.8 Å². The molecule has 3 rings (SSSR count). The van der Waals surface area contributed by atoms with Crippen LogP contribution in [-0.2, 0) is 4.74 Å². The number of urea groups is 1. The molecular formula is C13H8N2O4. The number of carbonyl (C=O) groups excluding carboxylic acids is 3. The molecule has 2 aromatic rings. The van der Waals surface area contributed by atoms with Crippen LogP contribution in [0.1, 0.15) is 20.7 Å². The number of hydrogen-bond donors (Lipinski definition) is 2. The van der Waals surface area contributed by atoms with E-state index in [0.29, 0.717) is 27.6 Å². The highest BCUT2D eigenvalue weighted by Gasteiger charge is 2.27. The van der Waals surface area contributed by atoms with Crippen molar-refractivity contribution in [1.82, 2.24) is 0 Å². The molecule has 0 fully saturated rings. The van der Waals surface area contributed by atoms with Crippen molar-refractivity contribution < 1.29 is 19.1 Å². The maximum absolute atomic E-state index is 11.7. The average Bonchev–Trinajstić information content (AvgIpc) is 2.36. The zero-order valence-electron chi connectivity index (χ0n) is 9.60. The lowest BCUT2D eigenvalue weighted by atomic mass is 9.96. The number of ether oxygens (including phenoxy) is 1. The number of nitrogens with one attached hydrogen (secondary N) is 1. The van der Waals surface area contributed by atoms with Crippen LogP contribution in [0.2, 0.25) is 0 Å². The number of anilines is 1.